The highest BCUT2D eigenvalue weighted by Crippen LogP contribution is 2.26. The first-order chi connectivity index (χ1) is 9.79. The zero-order valence-electron chi connectivity index (χ0n) is 10.6. The number of aromatic nitrogens is 2. The fourth-order valence-corrected chi connectivity index (χ4v) is 2.71. The molecule has 0 aliphatic rings. The van der Waals surface area contributed by atoms with E-state index in [2.05, 4.69) is 17.2 Å². The summed E-state index contributed by atoms with van der Waals surface area (Å²) in [5, 5.41) is 5.07. The second-order valence-electron chi connectivity index (χ2n) is 4.41. The third-order valence-corrected chi connectivity index (χ3v) is 3.79. The number of halogens is 2. The van der Waals surface area contributed by atoms with Crippen LogP contribution in [0.5, 0.6) is 0 Å². The third kappa shape index (κ3) is 2.45. The summed E-state index contributed by atoms with van der Waals surface area (Å²) in [5.74, 6) is 0.357. The van der Waals surface area contributed by atoms with E-state index in [1.54, 1.807) is 0 Å². The number of hydrogen-bond donors (Lipinski definition) is 0. The Bertz CT molecular complexity index is 720. The van der Waals surface area contributed by atoms with Crippen LogP contribution in [0.2, 0.25) is 5.02 Å². The van der Waals surface area contributed by atoms with Crippen molar-refractivity contribution in [2.45, 2.75) is 5.88 Å². The molecule has 2 nitrogen and oxygen atoms in total. The van der Waals surface area contributed by atoms with E-state index in [1.165, 1.54) is 0 Å². The van der Waals surface area contributed by atoms with Crippen LogP contribution in [0.15, 0.2) is 60.9 Å². The fraction of sp³-hybridized carbons (Fsp3) is 0.0625. The Morgan fingerprint density at radius 1 is 0.950 bits per heavy atom. The van der Waals surface area contributed by atoms with Gasteiger partial charge in [-0.1, -0.05) is 48.0 Å². The Morgan fingerprint density at radius 3 is 2.50 bits per heavy atom. The number of nitrogens with zero attached hydrogens (tertiary/aromatic N) is 2. The molecule has 3 rings (SSSR count). The molecule has 0 aliphatic heterocycles. The third-order valence-electron chi connectivity index (χ3n) is 3.16. The fourth-order valence-electron chi connectivity index (χ4n) is 2.13. The van der Waals surface area contributed by atoms with Crippen LogP contribution in [0.3, 0.4) is 0 Å². The minimum Gasteiger partial charge on any atom is -0.240 e. The van der Waals surface area contributed by atoms with Crippen molar-refractivity contribution in [2.75, 3.05) is 0 Å². The van der Waals surface area contributed by atoms with Crippen LogP contribution >= 0.6 is 23.2 Å². The Morgan fingerprint density at radius 2 is 1.75 bits per heavy atom. The zero-order chi connectivity index (χ0) is 13.9. The van der Waals surface area contributed by atoms with Crippen molar-refractivity contribution in [1.29, 1.82) is 0 Å². The highest BCUT2D eigenvalue weighted by atomic mass is 35.5. The average molecular weight is 303 g/mol. The molecule has 3 aromatic rings. The topological polar surface area (TPSA) is 17.8 Å². The van der Waals surface area contributed by atoms with Crippen LogP contribution in [-0.2, 0) is 5.88 Å². The lowest BCUT2D eigenvalue weighted by Gasteiger charge is -2.08. The van der Waals surface area contributed by atoms with Gasteiger partial charge in [-0.05, 0) is 17.7 Å². The van der Waals surface area contributed by atoms with E-state index in [4.69, 9.17) is 23.2 Å². The van der Waals surface area contributed by atoms with Gasteiger partial charge in [-0.3, -0.25) is 0 Å². The van der Waals surface area contributed by atoms with Gasteiger partial charge in [0.05, 0.1) is 17.8 Å². The SMILES string of the molecule is ClCc1c(Cl)cccc1-n1cc(-c2ccccc2)cn1. The lowest BCUT2D eigenvalue weighted by molar-refractivity contribution is 0.871. The molecule has 0 fully saturated rings. The summed E-state index contributed by atoms with van der Waals surface area (Å²) in [5.41, 5.74) is 3.99. The Balaban J connectivity index is 2.05. The van der Waals surface area contributed by atoms with E-state index < -0.39 is 0 Å². The number of benzene rings is 2. The highest BCUT2D eigenvalue weighted by Gasteiger charge is 2.09. The molecule has 1 aromatic heterocycles. The molecule has 0 unspecified atom stereocenters. The maximum atomic E-state index is 6.18. The van der Waals surface area contributed by atoms with Crippen molar-refractivity contribution < 1.29 is 0 Å². The standard InChI is InChI=1S/C16H12Cl2N2/c17-9-14-15(18)7-4-8-16(14)20-11-13(10-19-20)12-5-2-1-3-6-12/h1-8,10-11H,9H2. The van der Waals surface area contributed by atoms with Crippen molar-refractivity contribution in [3.8, 4) is 16.8 Å². The second-order valence-corrected chi connectivity index (χ2v) is 5.09. The van der Waals surface area contributed by atoms with Gasteiger partial charge >= 0.3 is 0 Å². The largest absolute Gasteiger partial charge is 0.240 e. The first-order valence-corrected chi connectivity index (χ1v) is 7.14. The summed E-state index contributed by atoms with van der Waals surface area (Å²) < 4.78 is 1.81. The lowest BCUT2D eigenvalue weighted by Crippen LogP contribution is -1.99. The maximum absolute atomic E-state index is 6.18. The summed E-state index contributed by atoms with van der Waals surface area (Å²) in [6.07, 6.45) is 3.82. The van der Waals surface area contributed by atoms with E-state index in [0.29, 0.717) is 10.9 Å². The molecule has 1 heterocycles. The van der Waals surface area contributed by atoms with Crippen molar-refractivity contribution in [3.05, 3.63) is 71.5 Å². The normalized spacial score (nSPS) is 10.7. The van der Waals surface area contributed by atoms with Crippen LogP contribution in [0.25, 0.3) is 16.8 Å². The van der Waals surface area contributed by atoms with E-state index in [-0.39, 0.29) is 0 Å². The van der Waals surface area contributed by atoms with Crippen LogP contribution in [0.1, 0.15) is 5.56 Å². The van der Waals surface area contributed by atoms with Crippen molar-refractivity contribution >= 4 is 23.2 Å². The van der Waals surface area contributed by atoms with E-state index in [9.17, 15) is 0 Å². The Labute approximate surface area is 127 Å². The zero-order valence-corrected chi connectivity index (χ0v) is 12.1. The first-order valence-electron chi connectivity index (χ1n) is 6.23. The minimum absolute atomic E-state index is 0.357. The van der Waals surface area contributed by atoms with Gasteiger partial charge in [-0.2, -0.15) is 5.10 Å². The van der Waals surface area contributed by atoms with Gasteiger partial charge in [0, 0.05) is 22.3 Å². The van der Waals surface area contributed by atoms with Gasteiger partial charge in [-0.25, -0.2) is 4.68 Å². The van der Waals surface area contributed by atoms with Gasteiger partial charge in [0.2, 0.25) is 0 Å². The molecule has 0 bridgehead atoms. The molecule has 0 aliphatic carbocycles. The van der Waals surface area contributed by atoms with E-state index in [0.717, 1.165) is 22.4 Å². The summed E-state index contributed by atoms with van der Waals surface area (Å²) in [4.78, 5) is 0. The molecule has 0 amide bonds. The molecule has 0 N–H and O–H groups in total. The van der Waals surface area contributed by atoms with Gasteiger partial charge in [-0.15, -0.1) is 11.6 Å². The molecular formula is C16H12Cl2N2. The summed E-state index contributed by atoms with van der Waals surface area (Å²) >= 11 is 12.2. The molecule has 100 valence electrons. The molecule has 4 heteroatoms. The van der Waals surface area contributed by atoms with Gasteiger partial charge in [0.1, 0.15) is 0 Å². The molecule has 0 saturated heterocycles. The molecule has 2 aromatic carbocycles. The highest BCUT2D eigenvalue weighted by molar-refractivity contribution is 6.32. The van der Waals surface area contributed by atoms with Crippen molar-refractivity contribution in [1.82, 2.24) is 9.78 Å². The van der Waals surface area contributed by atoms with Crippen molar-refractivity contribution in [2.24, 2.45) is 0 Å². The summed E-state index contributed by atoms with van der Waals surface area (Å²) in [6, 6.07) is 15.8. The van der Waals surface area contributed by atoms with E-state index in [1.807, 2.05) is 53.5 Å². The average Bonchev–Trinajstić information content (AvgIpc) is 2.97. The molecule has 0 spiro atoms. The number of alkyl halides is 1. The number of hydrogen-bond acceptors (Lipinski definition) is 1. The van der Waals surface area contributed by atoms with Crippen LogP contribution < -0.4 is 0 Å². The molecule has 20 heavy (non-hydrogen) atoms. The Kier molecular flexibility index (Phi) is 3.77. The summed E-state index contributed by atoms with van der Waals surface area (Å²) in [7, 11) is 0. The molecular weight excluding hydrogens is 291 g/mol. The minimum atomic E-state index is 0.357. The molecule has 0 atom stereocenters. The van der Waals surface area contributed by atoms with Gasteiger partial charge in [0.15, 0.2) is 0 Å². The molecule has 0 saturated carbocycles. The van der Waals surface area contributed by atoms with E-state index >= 15 is 0 Å². The van der Waals surface area contributed by atoms with Crippen LogP contribution in [0.4, 0.5) is 0 Å². The lowest BCUT2D eigenvalue weighted by atomic mass is 10.1. The quantitative estimate of drug-likeness (QED) is 0.627. The van der Waals surface area contributed by atoms with Crippen LogP contribution in [-0.4, -0.2) is 9.78 Å². The predicted molar refractivity (Wildman–Crippen MR) is 83.6 cm³/mol. The first kappa shape index (κ1) is 13.2. The van der Waals surface area contributed by atoms with Gasteiger partial charge in [0.25, 0.3) is 0 Å². The monoisotopic (exact) mass is 302 g/mol. The summed E-state index contributed by atoms with van der Waals surface area (Å²) in [6.45, 7) is 0. The number of rotatable bonds is 3. The van der Waals surface area contributed by atoms with Crippen molar-refractivity contribution in [3.63, 3.8) is 0 Å². The predicted octanol–water partition coefficient (Wildman–Crippen LogP) is 4.93. The van der Waals surface area contributed by atoms with Gasteiger partial charge < -0.3 is 0 Å². The maximum Gasteiger partial charge on any atom is 0.0704 e. The Hall–Kier alpha value is -1.77. The molecule has 0 radical (unpaired) electrons. The second kappa shape index (κ2) is 5.70. The van der Waals surface area contributed by atoms with Crippen LogP contribution in [0, 0.1) is 0 Å². The smallest absolute Gasteiger partial charge is 0.0704 e.